The molecule has 0 saturated carbocycles. The summed E-state index contributed by atoms with van der Waals surface area (Å²) >= 11 is 0. The van der Waals surface area contributed by atoms with Crippen LogP contribution >= 0.6 is 0 Å². The van der Waals surface area contributed by atoms with Gasteiger partial charge < -0.3 is 4.90 Å². The lowest BCUT2D eigenvalue weighted by molar-refractivity contribution is 0.224. The second-order valence-electron chi connectivity index (χ2n) is 5.99. The van der Waals surface area contributed by atoms with Crippen molar-refractivity contribution in [1.82, 2.24) is 4.90 Å². The zero-order chi connectivity index (χ0) is 13.2. The number of likely N-dealkylation sites (tertiary alicyclic amines) is 1. The van der Waals surface area contributed by atoms with Crippen LogP contribution in [0.2, 0.25) is 0 Å². The van der Waals surface area contributed by atoms with Gasteiger partial charge in [0.05, 0.1) is 0 Å². The Balaban J connectivity index is 1.89. The lowest BCUT2D eigenvalue weighted by Crippen LogP contribution is -2.30. The zero-order valence-corrected chi connectivity index (χ0v) is 13.1. The maximum Gasteiger partial charge on any atom is 0.0237 e. The van der Waals surface area contributed by atoms with Crippen molar-refractivity contribution in [2.75, 3.05) is 31.1 Å². The Bertz CT molecular complexity index is 225. The van der Waals surface area contributed by atoms with Gasteiger partial charge in [0.2, 0.25) is 0 Å². The van der Waals surface area contributed by atoms with E-state index in [1.807, 2.05) is 0 Å². The third-order valence-electron chi connectivity index (χ3n) is 3.72. The summed E-state index contributed by atoms with van der Waals surface area (Å²) in [5.74, 6) is 2.52. The van der Waals surface area contributed by atoms with Gasteiger partial charge >= 0.3 is 0 Å². The molecule has 0 aromatic heterocycles. The molecule has 1 aliphatic heterocycles. The summed E-state index contributed by atoms with van der Waals surface area (Å²) in [6.07, 6.45) is 9.01. The molecule has 1 fully saturated rings. The minimum absolute atomic E-state index is 0.562. The fourth-order valence-electron chi connectivity index (χ4n) is 2.43. The van der Waals surface area contributed by atoms with Crippen molar-refractivity contribution in [3.63, 3.8) is 0 Å². The van der Waals surface area contributed by atoms with Crippen LogP contribution in [0.25, 0.3) is 0 Å². The maximum atomic E-state index is 11.7. The summed E-state index contributed by atoms with van der Waals surface area (Å²) < 4.78 is 11.7. The molecule has 0 spiro atoms. The molecule has 18 heavy (non-hydrogen) atoms. The molecule has 108 valence electrons. The number of piperidine rings is 1. The van der Waals surface area contributed by atoms with E-state index in [-0.39, 0.29) is 0 Å². The van der Waals surface area contributed by atoms with Crippen molar-refractivity contribution in [2.24, 2.45) is 5.92 Å². The Labute approximate surface area is 116 Å². The highest BCUT2D eigenvalue weighted by molar-refractivity contribution is 7.84. The van der Waals surface area contributed by atoms with Crippen LogP contribution in [-0.4, -0.2) is 40.2 Å². The smallest absolute Gasteiger partial charge is 0.0237 e. The third-order valence-corrected chi connectivity index (χ3v) is 5.15. The second kappa shape index (κ2) is 9.96. The Morgan fingerprint density at radius 3 is 2.39 bits per heavy atom. The molecule has 0 aliphatic carbocycles. The van der Waals surface area contributed by atoms with Crippen LogP contribution in [0, 0.1) is 5.92 Å². The van der Waals surface area contributed by atoms with Crippen LogP contribution < -0.4 is 0 Å². The predicted octanol–water partition coefficient (Wildman–Crippen LogP) is 3.44. The molecule has 1 unspecified atom stereocenters. The van der Waals surface area contributed by atoms with E-state index in [2.05, 4.69) is 18.7 Å². The van der Waals surface area contributed by atoms with E-state index in [9.17, 15) is 4.21 Å². The van der Waals surface area contributed by atoms with Crippen molar-refractivity contribution in [3.8, 4) is 0 Å². The molecule has 0 amide bonds. The first-order chi connectivity index (χ1) is 8.68. The van der Waals surface area contributed by atoms with Gasteiger partial charge in [-0.2, -0.15) is 0 Å². The van der Waals surface area contributed by atoms with Crippen molar-refractivity contribution in [2.45, 2.75) is 58.8 Å². The van der Waals surface area contributed by atoms with E-state index in [1.54, 1.807) is 0 Å². The van der Waals surface area contributed by atoms with Gasteiger partial charge in [-0.15, -0.1) is 0 Å². The van der Waals surface area contributed by atoms with E-state index in [4.69, 9.17) is 0 Å². The summed E-state index contributed by atoms with van der Waals surface area (Å²) in [5, 5.41) is 0. The van der Waals surface area contributed by atoms with Gasteiger partial charge in [0, 0.05) is 22.3 Å². The van der Waals surface area contributed by atoms with Crippen molar-refractivity contribution in [1.29, 1.82) is 0 Å². The summed E-state index contributed by atoms with van der Waals surface area (Å²) in [6, 6.07) is 0. The van der Waals surface area contributed by atoms with Crippen molar-refractivity contribution >= 4 is 10.8 Å². The average Bonchev–Trinajstić information content (AvgIpc) is 2.37. The van der Waals surface area contributed by atoms with Crippen LogP contribution in [0.3, 0.4) is 0 Å². The SMILES string of the molecule is CC(C)CCS(=O)CCCCCN1CCCCC1. The van der Waals surface area contributed by atoms with E-state index in [0.717, 1.165) is 24.3 Å². The molecule has 0 bridgehead atoms. The highest BCUT2D eigenvalue weighted by Crippen LogP contribution is 2.10. The minimum atomic E-state index is -0.562. The summed E-state index contributed by atoms with van der Waals surface area (Å²) in [7, 11) is -0.562. The van der Waals surface area contributed by atoms with Crippen LogP contribution in [0.15, 0.2) is 0 Å². The van der Waals surface area contributed by atoms with Gasteiger partial charge in [-0.3, -0.25) is 4.21 Å². The second-order valence-corrected chi connectivity index (χ2v) is 7.69. The predicted molar refractivity (Wildman–Crippen MR) is 81.5 cm³/mol. The monoisotopic (exact) mass is 273 g/mol. The molecule has 2 nitrogen and oxygen atoms in total. The zero-order valence-electron chi connectivity index (χ0n) is 12.3. The first-order valence-electron chi connectivity index (χ1n) is 7.76. The summed E-state index contributed by atoms with van der Waals surface area (Å²) in [4.78, 5) is 2.60. The standard InChI is InChI=1S/C15H31NOS/c1-15(2)9-14-18(17)13-8-4-7-12-16-10-5-3-6-11-16/h15H,3-14H2,1-2H3. The Hall–Kier alpha value is 0.110. The first kappa shape index (κ1) is 16.2. The first-order valence-corrected chi connectivity index (χ1v) is 9.24. The molecular formula is C15H31NOS. The van der Waals surface area contributed by atoms with Gasteiger partial charge in [-0.05, 0) is 57.7 Å². The number of rotatable bonds is 9. The number of hydrogen-bond acceptors (Lipinski definition) is 2. The lowest BCUT2D eigenvalue weighted by atomic mass is 10.1. The Kier molecular flexibility index (Phi) is 8.95. The quantitative estimate of drug-likeness (QED) is 0.600. The third kappa shape index (κ3) is 8.25. The van der Waals surface area contributed by atoms with Crippen LogP contribution in [0.4, 0.5) is 0 Å². The molecule has 1 atom stereocenters. The van der Waals surface area contributed by atoms with Crippen LogP contribution in [0.1, 0.15) is 58.8 Å². The molecule has 0 aromatic rings. The summed E-state index contributed by atoms with van der Waals surface area (Å²) in [6.45, 7) is 8.28. The highest BCUT2D eigenvalue weighted by Gasteiger charge is 2.09. The number of unbranched alkanes of at least 4 members (excludes halogenated alkanes) is 2. The lowest BCUT2D eigenvalue weighted by Gasteiger charge is -2.26. The Morgan fingerprint density at radius 2 is 1.72 bits per heavy atom. The molecule has 1 rings (SSSR count). The van der Waals surface area contributed by atoms with E-state index in [0.29, 0.717) is 5.92 Å². The normalized spacial score (nSPS) is 19.3. The largest absolute Gasteiger partial charge is 0.303 e. The Morgan fingerprint density at radius 1 is 1.00 bits per heavy atom. The molecule has 1 aliphatic rings. The van der Waals surface area contributed by atoms with E-state index in [1.165, 1.54) is 51.7 Å². The number of nitrogens with zero attached hydrogens (tertiary/aromatic N) is 1. The number of hydrogen-bond donors (Lipinski definition) is 0. The maximum absolute atomic E-state index is 11.7. The molecule has 3 heteroatoms. The van der Waals surface area contributed by atoms with Crippen LogP contribution in [-0.2, 0) is 10.8 Å². The van der Waals surface area contributed by atoms with Gasteiger partial charge in [0.25, 0.3) is 0 Å². The van der Waals surface area contributed by atoms with Gasteiger partial charge in [0.1, 0.15) is 0 Å². The van der Waals surface area contributed by atoms with Crippen LogP contribution in [0.5, 0.6) is 0 Å². The molecule has 1 saturated heterocycles. The van der Waals surface area contributed by atoms with E-state index < -0.39 is 10.8 Å². The fraction of sp³-hybridized carbons (Fsp3) is 1.00. The minimum Gasteiger partial charge on any atom is -0.303 e. The fourth-order valence-corrected chi connectivity index (χ4v) is 3.89. The van der Waals surface area contributed by atoms with Crippen molar-refractivity contribution < 1.29 is 4.21 Å². The van der Waals surface area contributed by atoms with Crippen molar-refractivity contribution in [3.05, 3.63) is 0 Å². The average molecular weight is 273 g/mol. The van der Waals surface area contributed by atoms with E-state index >= 15 is 0 Å². The molecule has 1 heterocycles. The topological polar surface area (TPSA) is 20.3 Å². The molecule has 0 radical (unpaired) electrons. The van der Waals surface area contributed by atoms with Gasteiger partial charge in [-0.1, -0.05) is 26.7 Å². The molecular weight excluding hydrogens is 242 g/mol. The highest BCUT2D eigenvalue weighted by atomic mass is 32.2. The summed E-state index contributed by atoms with van der Waals surface area (Å²) in [5.41, 5.74) is 0. The van der Waals surface area contributed by atoms with Gasteiger partial charge in [-0.25, -0.2) is 0 Å². The molecule has 0 N–H and O–H groups in total. The molecule has 0 aromatic carbocycles. The van der Waals surface area contributed by atoms with Gasteiger partial charge in [0.15, 0.2) is 0 Å².